The minimum Gasteiger partial charge on any atom is -0.360 e. The highest BCUT2D eigenvalue weighted by Crippen LogP contribution is 2.20. The number of rotatable bonds is 4. The molecular weight excluding hydrogens is 195 g/mol. The van der Waals surface area contributed by atoms with Crippen molar-refractivity contribution in [3.63, 3.8) is 0 Å². The second kappa shape index (κ2) is 4.40. The number of aryl methyl sites for hydroxylation is 1. The summed E-state index contributed by atoms with van der Waals surface area (Å²) in [5.74, 6) is 0.514. The van der Waals surface area contributed by atoms with Gasteiger partial charge in [-0.3, -0.25) is 0 Å². The Morgan fingerprint density at radius 2 is 2.33 bits per heavy atom. The normalized spacial score (nSPS) is 11.1. The van der Waals surface area contributed by atoms with Crippen molar-refractivity contribution in [1.82, 2.24) is 10.5 Å². The van der Waals surface area contributed by atoms with Crippen LogP contribution >= 0.6 is 0 Å². The highest BCUT2D eigenvalue weighted by atomic mass is 19.1. The lowest BCUT2D eigenvalue weighted by atomic mass is 10.1. The van der Waals surface area contributed by atoms with Gasteiger partial charge in [0.2, 0.25) is 0 Å². The molecule has 0 aliphatic carbocycles. The Labute approximate surface area is 87.3 Å². The van der Waals surface area contributed by atoms with Crippen LogP contribution < -0.4 is 5.32 Å². The van der Waals surface area contributed by atoms with Crippen LogP contribution in [0.15, 0.2) is 22.7 Å². The van der Waals surface area contributed by atoms with Crippen molar-refractivity contribution in [2.24, 2.45) is 0 Å². The van der Waals surface area contributed by atoms with E-state index in [2.05, 4.69) is 10.5 Å². The van der Waals surface area contributed by atoms with E-state index >= 15 is 0 Å². The summed E-state index contributed by atoms with van der Waals surface area (Å²) in [5.41, 5.74) is 0.718. The SMILES string of the molecule is CNCCCc1onc2ccc(F)cc12. The molecule has 0 radical (unpaired) electrons. The Morgan fingerprint density at radius 1 is 1.47 bits per heavy atom. The highest BCUT2D eigenvalue weighted by molar-refractivity contribution is 5.80. The van der Waals surface area contributed by atoms with Crippen molar-refractivity contribution in [3.8, 4) is 0 Å². The van der Waals surface area contributed by atoms with Gasteiger partial charge in [0.15, 0.2) is 0 Å². The largest absolute Gasteiger partial charge is 0.360 e. The molecule has 0 amide bonds. The zero-order valence-corrected chi connectivity index (χ0v) is 8.59. The summed E-state index contributed by atoms with van der Waals surface area (Å²) in [6, 6.07) is 4.50. The summed E-state index contributed by atoms with van der Waals surface area (Å²) in [7, 11) is 1.90. The first-order valence-corrected chi connectivity index (χ1v) is 4.99. The molecule has 0 aliphatic rings. The molecule has 0 aliphatic heterocycles. The molecule has 1 aromatic heterocycles. The molecule has 80 valence electrons. The van der Waals surface area contributed by atoms with E-state index in [9.17, 15) is 4.39 Å². The van der Waals surface area contributed by atoms with Crippen LogP contribution in [0.2, 0.25) is 0 Å². The average Bonchev–Trinajstić information content (AvgIpc) is 2.62. The molecule has 0 atom stereocenters. The number of fused-ring (bicyclic) bond motifs is 1. The smallest absolute Gasteiger partial charge is 0.144 e. The van der Waals surface area contributed by atoms with E-state index in [1.165, 1.54) is 12.1 Å². The molecule has 1 heterocycles. The van der Waals surface area contributed by atoms with Crippen LogP contribution in [0.5, 0.6) is 0 Å². The Kier molecular flexibility index (Phi) is 2.97. The second-order valence-electron chi connectivity index (χ2n) is 3.47. The van der Waals surface area contributed by atoms with E-state index in [0.717, 1.165) is 36.0 Å². The number of nitrogens with zero attached hydrogens (tertiary/aromatic N) is 1. The number of benzene rings is 1. The fourth-order valence-electron chi connectivity index (χ4n) is 1.57. The summed E-state index contributed by atoms with van der Waals surface area (Å²) >= 11 is 0. The third-order valence-corrected chi connectivity index (χ3v) is 2.34. The van der Waals surface area contributed by atoms with Gasteiger partial charge in [0.1, 0.15) is 17.1 Å². The molecule has 0 fully saturated rings. The van der Waals surface area contributed by atoms with Crippen LogP contribution in [0.25, 0.3) is 10.9 Å². The van der Waals surface area contributed by atoms with Crippen LogP contribution in [0, 0.1) is 5.82 Å². The maximum atomic E-state index is 13.0. The topological polar surface area (TPSA) is 38.1 Å². The third-order valence-electron chi connectivity index (χ3n) is 2.34. The monoisotopic (exact) mass is 208 g/mol. The number of aromatic nitrogens is 1. The molecule has 4 heteroatoms. The maximum Gasteiger partial charge on any atom is 0.144 e. The van der Waals surface area contributed by atoms with Crippen molar-refractivity contribution in [1.29, 1.82) is 0 Å². The summed E-state index contributed by atoms with van der Waals surface area (Å²) < 4.78 is 18.2. The first-order valence-electron chi connectivity index (χ1n) is 4.99. The first-order chi connectivity index (χ1) is 7.31. The van der Waals surface area contributed by atoms with E-state index in [4.69, 9.17) is 4.52 Å². The quantitative estimate of drug-likeness (QED) is 0.782. The minimum absolute atomic E-state index is 0.249. The lowest BCUT2D eigenvalue weighted by Gasteiger charge is -1.96. The van der Waals surface area contributed by atoms with Crippen molar-refractivity contribution < 1.29 is 8.91 Å². The van der Waals surface area contributed by atoms with Crippen LogP contribution in [0.3, 0.4) is 0 Å². The van der Waals surface area contributed by atoms with Crippen molar-refractivity contribution in [3.05, 3.63) is 29.8 Å². The summed E-state index contributed by atoms with van der Waals surface area (Å²) in [6.45, 7) is 0.914. The first kappa shape index (κ1) is 10.1. The van der Waals surface area contributed by atoms with Gasteiger partial charge in [-0.2, -0.15) is 0 Å². The summed E-state index contributed by atoms with van der Waals surface area (Å²) in [6.07, 6.45) is 1.73. The van der Waals surface area contributed by atoms with Gasteiger partial charge in [-0.1, -0.05) is 5.16 Å². The van der Waals surface area contributed by atoms with Gasteiger partial charge in [0, 0.05) is 11.8 Å². The van der Waals surface area contributed by atoms with Gasteiger partial charge in [0.25, 0.3) is 0 Å². The summed E-state index contributed by atoms with van der Waals surface area (Å²) in [5, 5.41) is 7.71. The second-order valence-corrected chi connectivity index (χ2v) is 3.47. The fourth-order valence-corrected chi connectivity index (χ4v) is 1.57. The van der Waals surface area contributed by atoms with Gasteiger partial charge < -0.3 is 9.84 Å². The van der Waals surface area contributed by atoms with Gasteiger partial charge in [-0.05, 0) is 38.2 Å². The molecule has 2 aromatic rings. The van der Waals surface area contributed by atoms with E-state index < -0.39 is 0 Å². The van der Waals surface area contributed by atoms with Crippen LogP contribution in [0.1, 0.15) is 12.2 Å². The van der Waals surface area contributed by atoms with Crippen LogP contribution in [-0.2, 0) is 6.42 Å². The number of hydrogen-bond donors (Lipinski definition) is 1. The predicted molar refractivity (Wildman–Crippen MR) is 56.2 cm³/mol. The average molecular weight is 208 g/mol. The van der Waals surface area contributed by atoms with Crippen LogP contribution in [-0.4, -0.2) is 18.7 Å². The number of nitrogens with one attached hydrogen (secondary N) is 1. The lowest BCUT2D eigenvalue weighted by molar-refractivity contribution is 0.388. The molecule has 1 aromatic carbocycles. The number of hydrogen-bond acceptors (Lipinski definition) is 3. The zero-order valence-electron chi connectivity index (χ0n) is 8.59. The molecule has 0 unspecified atom stereocenters. The van der Waals surface area contributed by atoms with E-state index in [1.807, 2.05) is 7.05 Å². The molecule has 0 spiro atoms. The zero-order chi connectivity index (χ0) is 10.7. The Bertz CT molecular complexity index is 453. The standard InChI is InChI=1S/C11H13FN2O/c1-13-6-2-3-11-9-7-8(12)4-5-10(9)14-15-11/h4-5,7,13H,2-3,6H2,1H3. The Hall–Kier alpha value is -1.42. The minimum atomic E-state index is -0.249. The Morgan fingerprint density at radius 3 is 3.13 bits per heavy atom. The van der Waals surface area contributed by atoms with Crippen molar-refractivity contribution in [2.75, 3.05) is 13.6 Å². The van der Waals surface area contributed by atoms with Gasteiger partial charge in [-0.25, -0.2) is 4.39 Å². The highest BCUT2D eigenvalue weighted by Gasteiger charge is 2.08. The van der Waals surface area contributed by atoms with E-state index in [1.54, 1.807) is 6.07 Å². The van der Waals surface area contributed by atoms with E-state index in [0.29, 0.717) is 0 Å². The molecule has 2 rings (SSSR count). The molecule has 0 saturated carbocycles. The van der Waals surface area contributed by atoms with E-state index in [-0.39, 0.29) is 5.82 Å². The van der Waals surface area contributed by atoms with Crippen molar-refractivity contribution in [2.45, 2.75) is 12.8 Å². The van der Waals surface area contributed by atoms with Gasteiger partial charge >= 0.3 is 0 Å². The molecule has 1 N–H and O–H groups in total. The molecule has 15 heavy (non-hydrogen) atoms. The lowest BCUT2D eigenvalue weighted by Crippen LogP contribution is -2.08. The molecule has 0 bridgehead atoms. The van der Waals surface area contributed by atoms with Gasteiger partial charge in [-0.15, -0.1) is 0 Å². The third kappa shape index (κ3) is 2.15. The van der Waals surface area contributed by atoms with Crippen molar-refractivity contribution >= 4 is 10.9 Å². The molecular formula is C11H13FN2O. The Balaban J connectivity index is 2.23. The predicted octanol–water partition coefficient (Wildman–Crippen LogP) is 2.12. The fraction of sp³-hybridized carbons (Fsp3) is 0.364. The molecule has 3 nitrogen and oxygen atoms in total. The number of halogens is 1. The summed E-state index contributed by atoms with van der Waals surface area (Å²) in [4.78, 5) is 0. The van der Waals surface area contributed by atoms with Gasteiger partial charge in [0.05, 0.1) is 0 Å². The molecule has 0 saturated heterocycles. The maximum absolute atomic E-state index is 13.0. The van der Waals surface area contributed by atoms with Crippen LogP contribution in [0.4, 0.5) is 4.39 Å².